The summed E-state index contributed by atoms with van der Waals surface area (Å²) in [5, 5.41) is 0. The molecule has 0 aliphatic carbocycles. The Kier molecular flexibility index (Phi) is 5.21. The molecule has 19 heavy (non-hydrogen) atoms. The van der Waals surface area contributed by atoms with Crippen molar-refractivity contribution < 1.29 is 9.53 Å². The molecule has 0 atom stereocenters. The highest BCUT2D eigenvalue weighted by atomic mass is 16.6. The highest BCUT2D eigenvalue weighted by molar-refractivity contribution is 5.68. The number of hydrogen-bond acceptors (Lipinski definition) is 3. The maximum Gasteiger partial charge on any atom is 0.410 e. The van der Waals surface area contributed by atoms with Crippen LogP contribution in [0.1, 0.15) is 39.7 Å². The minimum atomic E-state index is -0.473. The fourth-order valence-corrected chi connectivity index (χ4v) is 1.74. The van der Waals surface area contributed by atoms with Crippen molar-refractivity contribution in [2.24, 2.45) is 0 Å². The summed E-state index contributed by atoms with van der Waals surface area (Å²) in [4.78, 5) is 13.8. The molecule has 1 rings (SSSR count). The first kappa shape index (κ1) is 15.3. The fraction of sp³-hybridized carbons (Fsp3) is 0.533. The van der Waals surface area contributed by atoms with Gasteiger partial charge in [-0.1, -0.05) is 19.1 Å². The van der Waals surface area contributed by atoms with Crippen LogP contribution in [0.3, 0.4) is 0 Å². The van der Waals surface area contributed by atoms with Gasteiger partial charge in [0.1, 0.15) is 5.60 Å². The van der Waals surface area contributed by atoms with Crippen LogP contribution in [0.15, 0.2) is 24.3 Å². The van der Waals surface area contributed by atoms with Gasteiger partial charge in [-0.05, 0) is 44.9 Å². The predicted molar refractivity (Wildman–Crippen MR) is 77.8 cm³/mol. The quantitative estimate of drug-likeness (QED) is 0.848. The van der Waals surface area contributed by atoms with Crippen molar-refractivity contribution in [1.29, 1.82) is 0 Å². The number of benzene rings is 1. The van der Waals surface area contributed by atoms with E-state index in [1.54, 1.807) is 4.90 Å². The first-order valence-electron chi connectivity index (χ1n) is 6.64. The maximum atomic E-state index is 12.1. The number of ether oxygens (including phenoxy) is 1. The molecule has 0 unspecified atom stereocenters. The first-order valence-corrected chi connectivity index (χ1v) is 6.64. The third kappa shape index (κ3) is 5.64. The summed E-state index contributed by atoms with van der Waals surface area (Å²) in [7, 11) is 0. The number of carbonyl (C=O) groups excluding carboxylic acids is 1. The minimum absolute atomic E-state index is 0.281. The molecule has 1 aromatic rings. The van der Waals surface area contributed by atoms with E-state index in [2.05, 4.69) is 0 Å². The van der Waals surface area contributed by atoms with Crippen LogP contribution in [0.5, 0.6) is 0 Å². The summed E-state index contributed by atoms with van der Waals surface area (Å²) in [6, 6.07) is 7.57. The van der Waals surface area contributed by atoms with Gasteiger partial charge in [-0.3, -0.25) is 0 Å². The number of amides is 1. The molecular formula is C15H24N2O2. The van der Waals surface area contributed by atoms with Crippen molar-refractivity contribution >= 4 is 11.8 Å². The van der Waals surface area contributed by atoms with Crippen molar-refractivity contribution in [2.75, 3.05) is 12.3 Å². The summed E-state index contributed by atoms with van der Waals surface area (Å²) in [6.45, 7) is 8.84. The standard InChI is InChI=1S/C15H24N2O2/c1-5-9-17(14(18)19-15(2,3)4)11-12-7-6-8-13(16)10-12/h6-8,10H,5,9,11,16H2,1-4H3. The molecule has 106 valence electrons. The SMILES string of the molecule is CCCN(Cc1cccc(N)c1)C(=O)OC(C)(C)C. The molecule has 0 saturated heterocycles. The zero-order valence-corrected chi connectivity index (χ0v) is 12.3. The maximum absolute atomic E-state index is 12.1. The molecule has 0 heterocycles. The largest absolute Gasteiger partial charge is 0.444 e. The van der Waals surface area contributed by atoms with Crippen molar-refractivity contribution in [3.05, 3.63) is 29.8 Å². The van der Waals surface area contributed by atoms with Crippen molar-refractivity contribution in [3.63, 3.8) is 0 Å². The van der Waals surface area contributed by atoms with Gasteiger partial charge in [0.25, 0.3) is 0 Å². The molecule has 1 aromatic carbocycles. The number of anilines is 1. The van der Waals surface area contributed by atoms with E-state index in [-0.39, 0.29) is 6.09 Å². The number of hydrogen-bond donors (Lipinski definition) is 1. The fourth-order valence-electron chi connectivity index (χ4n) is 1.74. The normalized spacial score (nSPS) is 11.2. The Morgan fingerprint density at radius 2 is 2.05 bits per heavy atom. The summed E-state index contributed by atoms with van der Waals surface area (Å²) in [5.74, 6) is 0. The van der Waals surface area contributed by atoms with E-state index in [1.165, 1.54) is 0 Å². The summed E-state index contributed by atoms with van der Waals surface area (Å²) < 4.78 is 5.41. The third-order valence-electron chi connectivity index (χ3n) is 2.47. The summed E-state index contributed by atoms with van der Waals surface area (Å²) >= 11 is 0. The molecule has 4 nitrogen and oxygen atoms in total. The van der Waals surface area contributed by atoms with Crippen LogP contribution in [0, 0.1) is 0 Å². The molecule has 0 bridgehead atoms. The van der Waals surface area contributed by atoms with Gasteiger partial charge in [0.2, 0.25) is 0 Å². The molecule has 0 radical (unpaired) electrons. The van der Waals surface area contributed by atoms with Crippen LogP contribution in [0.25, 0.3) is 0 Å². The topological polar surface area (TPSA) is 55.6 Å². The Balaban J connectivity index is 2.75. The Hall–Kier alpha value is -1.71. The average molecular weight is 264 g/mol. The van der Waals surface area contributed by atoms with Gasteiger partial charge in [-0.25, -0.2) is 4.79 Å². The van der Waals surface area contributed by atoms with Crippen molar-refractivity contribution in [2.45, 2.75) is 46.3 Å². The van der Waals surface area contributed by atoms with Crippen LogP contribution in [0.2, 0.25) is 0 Å². The first-order chi connectivity index (χ1) is 8.81. The van der Waals surface area contributed by atoms with E-state index in [0.29, 0.717) is 18.8 Å². The minimum Gasteiger partial charge on any atom is -0.444 e. The number of nitrogens with zero attached hydrogens (tertiary/aromatic N) is 1. The number of carbonyl (C=O) groups is 1. The van der Waals surface area contributed by atoms with E-state index in [4.69, 9.17) is 10.5 Å². The molecule has 0 aliphatic heterocycles. The van der Waals surface area contributed by atoms with Gasteiger partial charge < -0.3 is 15.4 Å². The molecule has 0 saturated carbocycles. The lowest BCUT2D eigenvalue weighted by molar-refractivity contribution is 0.0233. The molecular weight excluding hydrogens is 240 g/mol. The van der Waals surface area contributed by atoms with Gasteiger partial charge >= 0.3 is 6.09 Å². The molecule has 2 N–H and O–H groups in total. The van der Waals surface area contributed by atoms with E-state index < -0.39 is 5.60 Å². The smallest absolute Gasteiger partial charge is 0.410 e. The molecule has 0 fully saturated rings. The Morgan fingerprint density at radius 3 is 2.58 bits per heavy atom. The number of nitrogens with two attached hydrogens (primary N) is 1. The second-order valence-electron chi connectivity index (χ2n) is 5.65. The van der Waals surface area contributed by atoms with Crippen LogP contribution in [-0.2, 0) is 11.3 Å². The van der Waals surface area contributed by atoms with Gasteiger partial charge in [-0.2, -0.15) is 0 Å². The highest BCUT2D eigenvalue weighted by Crippen LogP contribution is 2.14. The van der Waals surface area contributed by atoms with Crippen molar-refractivity contribution in [3.8, 4) is 0 Å². The lowest BCUT2D eigenvalue weighted by Gasteiger charge is -2.27. The molecule has 0 aromatic heterocycles. The second kappa shape index (κ2) is 6.45. The van der Waals surface area contributed by atoms with Crippen LogP contribution < -0.4 is 5.73 Å². The monoisotopic (exact) mass is 264 g/mol. The third-order valence-corrected chi connectivity index (χ3v) is 2.47. The van der Waals surface area contributed by atoms with Gasteiger partial charge in [-0.15, -0.1) is 0 Å². The lowest BCUT2D eigenvalue weighted by Crippen LogP contribution is -2.36. The zero-order valence-electron chi connectivity index (χ0n) is 12.3. The zero-order chi connectivity index (χ0) is 14.5. The van der Waals surface area contributed by atoms with Crippen molar-refractivity contribution in [1.82, 2.24) is 4.90 Å². The summed E-state index contributed by atoms with van der Waals surface area (Å²) in [6.07, 6.45) is 0.610. The van der Waals surface area contributed by atoms with Crippen LogP contribution in [-0.4, -0.2) is 23.1 Å². The second-order valence-corrected chi connectivity index (χ2v) is 5.65. The Morgan fingerprint density at radius 1 is 1.37 bits per heavy atom. The predicted octanol–water partition coefficient (Wildman–Crippen LogP) is 3.42. The van der Waals surface area contributed by atoms with Gasteiger partial charge in [0, 0.05) is 18.8 Å². The van der Waals surface area contributed by atoms with Gasteiger partial charge in [0.05, 0.1) is 0 Å². The lowest BCUT2D eigenvalue weighted by atomic mass is 10.2. The number of rotatable bonds is 4. The van der Waals surface area contributed by atoms with Crippen LogP contribution >= 0.6 is 0 Å². The molecule has 1 amide bonds. The molecule has 4 heteroatoms. The Labute approximate surface area is 115 Å². The van der Waals surface area contributed by atoms with E-state index in [1.807, 2.05) is 52.0 Å². The number of nitrogen functional groups attached to an aromatic ring is 1. The van der Waals surface area contributed by atoms with E-state index >= 15 is 0 Å². The Bertz CT molecular complexity index is 424. The van der Waals surface area contributed by atoms with E-state index in [9.17, 15) is 4.79 Å². The van der Waals surface area contributed by atoms with E-state index in [0.717, 1.165) is 12.0 Å². The van der Waals surface area contributed by atoms with Gasteiger partial charge in [0.15, 0.2) is 0 Å². The molecule has 0 spiro atoms. The average Bonchev–Trinajstić information content (AvgIpc) is 2.26. The summed E-state index contributed by atoms with van der Waals surface area (Å²) in [5.41, 5.74) is 7.00. The van der Waals surface area contributed by atoms with Crippen LogP contribution in [0.4, 0.5) is 10.5 Å². The highest BCUT2D eigenvalue weighted by Gasteiger charge is 2.21. The molecule has 0 aliphatic rings.